The molecule has 0 radical (unpaired) electrons. The van der Waals surface area contributed by atoms with Crippen LogP contribution in [0.3, 0.4) is 0 Å². The summed E-state index contributed by atoms with van der Waals surface area (Å²) in [5, 5.41) is 9.16. The minimum Gasteiger partial charge on any atom is -0.480 e. The Kier molecular flexibility index (Phi) is 5.88. The van der Waals surface area contributed by atoms with Crippen LogP contribution in [-0.4, -0.2) is 52.1 Å². The summed E-state index contributed by atoms with van der Waals surface area (Å²) in [5.74, 6) is -0.905. The number of likely N-dealkylation sites (tertiary alicyclic amines) is 1. The van der Waals surface area contributed by atoms with Crippen molar-refractivity contribution in [3.8, 4) is 0 Å². The number of aliphatic carboxylic acids is 1. The van der Waals surface area contributed by atoms with Gasteiger partial charge in [0, 0.05) is 18.6 Å². The minimum absolute atomic E-state index is 0.0435. The summed E-state index contributed by atoms with van der Waals surface area (Å²) in [7, 11) is 0. The lowest BCUT2D eigenvalue weighted by Gasteiger charge is -2.37. The molecule has 1 unspecified atom stereocenters. The monoisotopic (exact) mass is 296 g/mol. The molecule has 0 aromatic carbocycles. The normalized spacial score (nSPS) is 23.9. The van der Waals surface area contributed by atoms with Gasteiger partial charge in [-0.2, -0.15) is 0 Å². The molecule has 1 heterocycles. The summed E-state index contributed by atoms with van der Waals surface area (Å²) in [5.41, 5.74) is 0. The molecule has 1 aliphatic carbocycles. The maximum atomic E-state index is 12.9. The maximum absolute atomic E-state index is 12.9. The van der Waals surface area contributed by atoms with E-state index in [0.717, 1.165) is 51.5 Å². The number of urea groups is 1. The molecule has 1 N–H and O–H groups in total. The molecule has 2 amide bonds. The van der Waals surface area contributed by atoms with Crippen molar-refractivity contribution in [3.63, 3.8) is 0 Å². The van der Waals surface area contributed by atoms with E-state index in [0.29, 0.717) is 0 Å². The third-order valence-corrected chi connectivity index (χ3v) is 4.91. The molecule has 21 heavy (non-hydrogen) atoms. The van der Waals surface area contributed by atoms with Crippen molar-refractivity contribution in [3.05, 3.63) is 0 Å². The van der Waals surface area contributed by atoms with Crippen LogP contribution in [0.5, 0.6) is 0 Å². The van der Waals surface area contributed by atoms with E-state index in [1.165, 1.54) is 12.8 Å². The first-order chi connectivity index (χ1) is 10.1. The fourth-order valence-electron chi connectivity index (χ4n) is 3.73. The lowest BCUT2D eigenvalue weighted by Crippen LogP contribution is -2.52. The van der Waals surface area contributed by atoms with E-state index in [2.05, 4.69) is 6.92 Å². The molecule has 5 nitrogen and oxygen atoms in total. The molecule has 120 valence electrons. The standard InChI is InChI=1S/C16H28N2O3/c1-2-13-8-4-3-7-11-17(13)16(21)18(12-15(19)20)14-9-5-6-10-14/h13-14H,2-12H2,1H3,(H,19,20). The fraction of sp³-hybridized carbons (Fsp3) is 0.875. The molecule has 1 atom stereocenters. The number of hydrogen-bond acceptors (Lipinski definition) is 2. The van der Waals surface area contributed by atoms with Crippen LogP contribution in [0, 0.1) is 0 Å². The zero-order valence-corrected chi connectivity index (χ0v) is 13.1. The molecule has 1 saturated heterocycles. The molecule has 2 fully saturated rings. The highest BCUT2D eigenvalue weighted by Crippen LogP contribution is 2.27. The predicted molar refractivity (Wildman–Crippen MR) is 81.2 cm³/mol. The summed E-state index contributed by atoms with van der Waals surface area (Å²) in [6.45, 7) is 2.74. The van der Waals surface area contributed by atoms with Crippen LogP contribution >= 0.6 is 0 Å². The smallest absolute Gasteiger partial charge is 0.323 e. The average molecular weight is 296 g/mol. The number of carbonyl (C=O) groups excluding carboxylic acids is 1. The number of carboxylic acids is 1. The largest absolute Gasteiger partial charge is 0.480 e. The zero-order valence-electron chi connectivity index (χ0n) is 13.1. The quantitative estimate of drug-likeness (QED) is 0.867. The van der Waals surface area contributed by atoms with Gasteiger partial charge in [0.25, 0.3) is 0 Å². The summed E-state index contributed by atoms with van der Waals surface area (Å²) in [6, 6.07) is 0.352. The van der Waals surface area contributed by atoms with Crippen molar-refractivity contribution >= 4 is 12.0 Å². The molecular formula is C16H28N2O3. The first kappa shape index (κ1) is 16.1. The molecule has 1 saturated carbocycles. The van der Waals surface area contributed by atoms with Crippen molar-refractivity contribution in [2.45, 2.75) is 76.8 Å². The van der Waals surface area contributed by atoms with E-state index in [9.17, 15) is 9.59 Å². The van der Waals surface area contributed by atoms with Crippen LogP contribution in [0.4, 0.5) is 4.79 Å². The molecule has 2 aliphatic rings. The molecule has 0 aromatic heterocycles. The third-order valence-electron chi connectivity index (χ3n) is 4.91. The molecule has 0 aromatic rings. The minimum atomic E-state index is -0.905. The van der Waals surface area contributed by atoms with Gasteiger partial charge < -0.3 is 14.9 Å². The number of hydrogen-bond donors (Lipinski definition) is 1. The third kappa shape index (κ3) is 4.11. The van der Waals surface area contributed by atoms with Crippen molar-refractivity contribution in [1.82, 2.24) is 9.80 Å². The van der Waals surface area contributed by atoms with Gasteiger partial charge in [-0.05, 0) is 32.1 Å². The molecular weight excluding hydrogens is 268 g/mol. The second-order valence-electron chi connectivity index (χ2n) is 6.35. The second-order valence-corrected chi connectivity index (χ2v) is 6.35. The first-order valence-corrected chi connectivity index (χ1v) is 8.42. The van der Waals surface area contributed by atoms with E-state index >= 15 is 0 Å². The van der Waals surface area contributed by atoms with Crippen LogP contribution in [0.1, 0.15) is 64.7 Å². The van der Waals surface area contributed by atoms with E-state index in [1.807, 2.05) is 4.90 Å². The Labute approximate surface area is 127 Å². The topological polar surface area (TPSA) is 60.9 Å². The van der Waals surface area contributed by atoms with Gasteiger partial charge in [0.15, 0.2) is 0 Å². The summed E-state index contributed by atoms with van der Waals surface area (Å²) < 4.78 is 0. The number of rotatable bonds is 4. The molecule has 2 rings (SSSR count). The number of nitrogens with zero attached hydrogens (tertiary/aromatic N) is 2. The zero-order chi connectivity index (χ0) is 15.2. The molecule has 0 spiro atoms. The first-order valence-electron chi connectivity index (χ1n) is 8.42. The van der Waals surface area contributed by atoms with Crippen molar-refractivity contribution < 1.29 is 14.7 Å². The Morgan fingerprint density at radius 2 is 1.76 bits per heavy atom. The Morgan fingerprint density at radius 3 is 2.38 bits per heavy atom. The van der Waals surface area contributed by atoms with E-state index in [-0.39, 0.29) is 24.7 Å². The molecule has 0 bridgehead atoms. The highest BCUT2D eigenvalue weighted by Gasteiger charge is 2.34. The van der Waals surface area contributed by atoms with E-state index < -0.39 is 5.97 Å². The van der Waals surface area contributed by atoms with Gasteiger partial charge in [-0.3, -0.25) is 4.79 Å². The Hall–Kier alpha value is -1.26. The summed E-state index contributed by atoms with van der Waals surface area (Å²) in [4.78, 5) is 27.7. The van der Waals surface area contributed by atoms with Gasteiger partial charge >= 0.3 is 12.0 Å². The highest BCUT2D eigenvalue weighted by atomic mass is 16.4. The second kappa shape index (κ2) is 7.66. The van der Waals surface area contributed by atoms with Gasteiger partial charge in [-0.25, -0.2) is 4.79 Å². The maximum Gasteiger partial charge on any atom is 0.323 e. The lowest BCUT2D eigenvalue weighted by atomic mass is 10.1. The number of amides is 2. The number of carboxylic acid groups (broad SMARTS) is 1. The van der Waals surface area contributed by atoms with Crippen molar-refractivity contribution in [2.75, 3.05) is 13.1 Å². The van der Waals surface area contributed by atoms with Crippen molar-refractivity contribution in [1.29, 1.82) is 0 Å². The van der Waals surface area contributed by atoms with Crippen LogP contribution in [0.25, 0.3) is 0 Å². The predicted octanol–water partition coefficient (Wildman–Crippen LogP) is 3.09. The highest BCUT2D eigenvalue weighted by molar-refractivity contribution is 5.80. The summed E-state index contributed by atoms with van der Waals surface area (Å²) in [6.07, 6.45) is 9.48. The van der Waals surface area contributed by atoms with E-state index in [4.69, 9.17) is 5.11 Å². The Morgan fingerprint density at radius 1 is 1.10 bits per heavy atom. The van der Waals surface area contributed by atoms with Crippen LogP contribution < -0.4 is 0 Å². The van der Waals surface area contributed by atoms with Gasteiger partial charge in [0.1, 0.15) is 6.54 Å². The molecule has 1 aliphatic heterocycles. The van der Waals surface area contributed by atoms with E-state index in [1.54, 1.807) is 4.90 Å². The lowest BCUT2D eigenvalue weighted by molar-refractivity contribution is -0.138. The Balaban J connectivity index is 2.12. The van der Waals surface area contributed by atoms with Crippen LogP contribution in [0.15, 0.2) is 0 Å². The SMILES string of the molecule is CCC1CCCCCN1C(=O)N(CC(=O)O)C1CCCC1. The van der Waals surface area contributed by atoms with Crippen molar-refractivity contribution in [2.24, 2.45) is 0 Å². The van der Waals surface area contributed by atoms with Crippen LogP contribution in [0.2, 0.25) is 0 Å². The van der Waals surface area contributed by atoms with Gasteiger partial charge in [-0.1, -0.05) is 32.6 Å². The number of carbonyl (C=O) groups is 2. The van der Waals surface area contributed by atoms with Gasteiger partial charge in [0.2, 0.25) is 0 Å². The molecule has 5 heteroatoms. The fourth-order valence-corrected chi connectivity index (χ4v) is 3.73. The van der Waals surface area contributed by atoms with Gasteiger partial charge in [-0.15, -0.1) is 0 Å². The average Bonchev–Trinajstić information content (AvgIpc) is 2.88. The summed E-state index contributed by atoms with van der Waals surface area (Å²) >= 11 is 0. The Bertz CT molecular complexity index is 367. The van der Waals surface area contributed by atoms with Crippen LogP contribution in [-0.2, 0) is 4.79 Å². The van der Waals surface area contributed by atoms with Gasteiger partial charge in [0.05, 0.1) is 0 Å².